The van der Waals surface area contributed by atoms with Gasteiger partial charge in [0.05, 0.1) is 12.7 Å². The Bertz CT molecular complexity index is 439. The van der Waals surface area contributed by atoms with E-state index in [4.69, 9.17) is 22.1 Å². The van der Waals surface area contributed by atoms with Gasteiger partial charge in [-0.1, -0.05) is 30.9 Å². The number of hydrogen-bond donors (Lipinski definition) is 2. The van der Waals surface area contributed by atoms with Gasteiger partial charge in [-0.05, 0) is 31.0 Å². The van der Waals surface area contributed by atoms with Crippen LogP contribution < -0.4 is 11.1 Å². The molecule has 0 aromatic heterocycles. The van der Waals surface area contributed by atoms with Crippen molar-refractivity contribution in [1.82, 2.24) is 5.32 Å². The number of nitrogens with two attached hydrogens (primary N) is 1. The molecule has 0 saturated heterocycles. The highest BCUT2D eigenvalue weighted by Gasteiger charge is 2.13. The molecule has 1 aromatic carbocycles. The highest BCUT2D eigenvalue weighted by atomic mass is 35.5. The van der Waals surface area contributed by atoms with Gasteiger partial charge < -0.3 is 15.8 Å². The number of anilines is 1. The molecule has 5 heteroatoms. The first kappa shape index (κ1) is 15.1. The molecule has 110 valence electrons. The summed E-state index contributed by atoms with van der Waals surface area (Å²) in [5, 5.41) is 3.28. The summed E-state index contributed by atoms with van der Waals surface area (Å²) in [6, 6.07) is 4.84. The van der Waals surface area contributed by atoms with Crippen molar-refractivity contribution in [3.8, 4) is 0 Å². The van der Waals surface area contributed by atoms with Crippen LogP contribution in [0.15, 0.2) is 18.2 Å². The Hall–Kier alpha value is -1.26. The molecule has 0 heterocycles. The largest absolute Gasteiger partial charge is 0.399 e. The highest BCUT2D eigenvalue weighted by molar-refractivity contribution is 6.31. The molecule has 4 nitrogen and oxygen atoms in total. The lowest BCUT2D eigenvalue weighted by Crippen LogP contribution is -2.29. The molecular weight excluding hydrogens is 276 g/mol. The number of nitrogen functional groups attached to an aromatic ring is 1. The normalized spacial score (nSPS) is 16.1. The lowest BCUT2D eigenvalue weighted by Gasteiger charge is -2.22. The Balaban J connectivity index is 1.71. The molecule has 1 fully saturated rings. The van der Waals surface area contributed by atoms with Gasteiger partial charge in [0.1, 0.15) is 0 Å². The van der Waals surface area contributed by atoms with Crippen LogP contribution in [0.25, 0.3) is 0 Å². The number of amides is 1. The third-order valence-electron chi connectivity index (χ3n) is 3.48. The van der Waals surface area contributed by atoms with E-state index in [2.05, 4.69) is 5.32 Å². The van der Waals surface area contributed by atoms with Gasteiger partial charge in [-0.15, -0.1) is 0 Å². The number of rotatable bonds is 5. The minimum absolute atomic E-state index is 0.175. The maximum atomic E-state index is 11.9. The van der Waals surface area contributed by atoms with E-state index >= 15 is 0 Å². The third kappa shape index (κ3) is 4.69. The monoisotopic (exact) mass is 296 g/mol. The average Bonchev–Trinajstić information content (AvgIpc) is 2.43. The van der Waals surface area contributed by atoms with Crippen LogP contribution in [0.5, 0.6) is 0 Å². The predicted molar refractivity (Wildman–Crippen MR) is 81.0 cm³/mol. The van der Waals surface area contributed by atoms with Gasteiger partial charge in [0, 0.05) is 22.8 Å². The fraction of sp³-hybridized carbons (Fsp3) is 0.533. The summed E-state index contributed by atoms with van der Waals surface area (Å²) >= 11 is 5.87. The fourth-order valence-corrected chi connectivity index (χ4v) is 2.71. The molecule has 0 atom stereocenters. The van der Waals surface area contributed by atoms with E-state index in [-0.39, 0.29) is 5.91 Å². The van der Waals surface area contributed by atoms with Crippen LogP contribution in [-0.4, -0.2) is 25.2 Å². The molecule has 1 amide bonds. The predicted octanol–water partition coefficient (Wildman–Crippen LogP) is 3.00. The van der Waals surface area contributed by atoms with Gasteiger partial charge in [-0.3, -0.25) is 4.79 Å². The summed E-state index contributed by atoms with van der Waals surface area (Å²) in [7, 11) is 0. The van der Waals surface area contributed by atoms with Crippen LogP contribution in [0, 0.1) is 0 Å². The van der Waals surface area contributed by atoms with Crippen molar-refractivity contribution in [2.45, 2.75) is 38.2 Å². The van der Waals surface area contributed by atoms with Crippen molar-refractivity contribution in [2.75, 3.05) is 18.9 Å². The maximum Gasteiger partial charge on any atom is 0.251 e. The molecule has 0 unspecified atom stereocenters. The molecular formula is C15H21ClN2O2. The third-order valence-corrected chi connectivity index (χ3v) is 3.69. The van der Waals surface area contributed by atoms with Crippen LogP contribution in [0.3, 0.4) is 0 Å². The van der Waals surface area contributed by atoms with Crippen molar-refractivity contribution in [3.63, 3.8) is 0 Å². The molecule has 0 radical (unpaired) electrons. The zero-order chi connectivity index (χ0) is 14.4. The summed E-state index contributed by atoms with van der Waals surface area (Å²) in [6.45, 7) is 1.05. The molecule has 1 saturated carbocycles. The van der Waals surface area contributed by atoms with Crippen molar-refractivity contribution in [2.24, 2.45) is 0 Å². The van der Waals surface area contributed by atoms with Crippen molar-refractivity contribution in [3.05, 3.63) is 28.8 Å². The van der Waals surface area contributed by atoms with E-state index in [1.807, 2.05) is 0 Å². The minimum atomic E-state index is -0.175. The summed E-state index contributed by atoms with van der Waals surface area (Å²) in [5.41, 5.74) is 6.63. The quantitative estimate of drug-likeness (QED) is 0.648. The second-order valence-electron chi connectivity index (χ2n) is 5.16. The van der Waals surface area contributed by atoms with Gasteiger partial charge in [0.25, 0.3) is 5.91 Å². The standard InChI is InChI=1S/C15H21ClN2O2/c16-12-8-11(9-13(17)10-12)15(19)18-6-7-20-14-4-2-1-3-5-14/h8-10,14H,1-7,17H2,(H,18,19). The molecule has 20 heavy (non-hydrogen) atoms. The SMILES string of the molecule is Nc1cc(Cl)cc(C(=O)NCCOC2CCCCC2)c1. The lowest BCUT2D eigenvalue weighted by molar-refractivity contribution is 0.0299. The number of ether oxygens (including phenoxy) is 1. The number of nitrogens with one attached hydrogen (secondary N) is 1. The number of halogens is 1. The maximum absolute atomic E-state index is 11.9. The second kappa shape index (κ2) is 7.50. The lowest BCUT2D eigenvalue weighted by atomic mass is 9.98. The van der Waals surface area contributed by atoms with Gasteiger partial charge >= 0.3 is 0 Å². The van der Waals surface area contributed by atoms with Crippen LogP contribution in [0.4, 0.5) is 5.69 Å². The Kier molecular flexibility index (Phi) is 5.68. The van der Waals surface area contributed by atoms with Crippen molar-refractivity contribution in [1.29, 1.82) is 0 Å². The zero-order valence-corrected chi connectivity index (χ0v) is 12.3. The summed E-state index contributed by atoms with van der Waals surface area (Å²) < 4.78 is 5.75. The van der Waals surface area contributed by atoms with Crippen LogP contribution >= 0.6 is 11.6 Å². The van der Waals surface area contributed by atoms with Crippen LogP contribution in [-0.2, 0) is 4.74 Å². The summed E-state index contributed by atoms with van der Waals surface area (Å²) in [4.78, 5) is 11.9. The van der Waals surface area contributed by atoms with Crippen molar-refractivity contribution < 1.29 is 9.53 Å². The molecule has 2 rings (SSSR count). The van der Waals surface area contributed by atoms with Gasteiger partial charge in [0.15, 0.2) is 0 Å². The number of carbonyl (C=O) groups excluding carboxylic acids is 1. The molecule has 0 spiro atoms. The van der Waals surface area contributed by atoms with E-state index < -0.39 is 0 Å². The molecule has 0 bridgehead atoms. The van der Waals surface area contributed by atoms with Gasteiger partial charge in [0.2, 0.25) is 0 Å². The molecule has 1 aliphatic carbocycles. The van der Waals surface area contributed by atoms with E-state index in [1.54, 1.807) is 18.2 Å². The Morgan fingerprint density at radius 3 is 2.75 bits per heavy atom. The molecule has 1 aliphatic rings. The highest BCUT2D eigenvalue weighted by Crippen LogP contribution is 2.20. The zero-order valence-electron chi connectivity index (χ0n) is 11.5. The van der Waals surface area contributed by atoms with Crippen molar-refractivity contribution >= 4 is 23.2 Å². The summed E-state index contributed by atoms with van der Waals surface area (Å²) in [6.07, 6.45) is 6.45. The van der Waals surface area contributed by atoms with E-state index in [0.29, 0.717) is 35.5 Å². The first-order valence-corrected chi connectivity index (χ1v) is 7.49. The molecule has 3 N–H and O–H groups in total. The summed E-state index contributed by atoms with van der Waals surface area (Å²) in [5.74, 6) is -0.175. The van der Waals surface area contributed by atoms with Crippen LogP contribution in [0.2, 0.25) is 5.02 Å². The van der Waals surface area contributed by atoms with Gasteiger partial charge in [-0.25, -0.2) is 0 Å². The molecule has 0 aliphatic heterocycles. The number of benzene rings is 1. The molecule has 1 aromatic rings. The Morgan fingerprint density at radius 1 is 1.30 bits per heavy atom. The average molecular weight is 297 g/mol. The number of hydrogen-bond acceptors (Lipinski definition) is 3. The Morgan fingerprint density at radius 2 is 2.05 bits per heavy atom. The van der Waals surface area contributed by atoms with E-state index in [1.165, 1.54) is 19.3 Å². The smallest absolute Gasteiger partial charge is 0.251 e. The van der Waals surface area contributed by atoms with Crippen LogP contribution in [0.1, 0.15) is 42.5 Å². The topological polar surface area (TPSA) is 64.4 Å². The number of carbonyl (C=O) groups is 1. The van der Waals surface area contributed by atoms with E-state index in [0.717, 1.165) is 12.8 Å². The Labute approximate surface area is 124 Å². The second-order valence-corrected chi connectivity index (χ2v) is 5.60. The minimum Gasteiger partial charge on any atom is -0.399 e. The first-order chi connectivity index (χ1) is 9.65. The fourth-order valence-electron chi connectivity index (χ4n) is 2.47. The van der Waals surface area contributed by atoms with E-state index in [9.17, 15) is 4.79 Å². The first-order valence-electron chi connectivity index (χ1n) is 7.11. The van der Waals surface area contributed by atoms with Gasteiger partial charge in [-0.2, -0.15) is 0 Å².